The van der Waals surface area contributed by atoms with Crippen LogP contribution in [0.15, 0.2) is 0 Å². The summed E-state index contributed by atoms with van der Waals surface area (Å²) in [5.41, 5.74) is 0. The zero-order valence-electron chi connectivity index (χ0n) is 11.4. The third-order valence-electron chi connectivity index (χ3n) is 3.70. The van der Waals surface area contributed by atoms with Gasteiger partial charge in [0.2, 0.25) is 5.91 Å². The first kappa shape index (κ1) is 14.2. The Labute approximate surface area is 114 Å². The van der Waals surface area contributed by atoms with Crippen LogP contribution in [0.3, 0.4) is 0 Å². The van der Waals surface area contributed by atoms with E-state index < -0.39 is 0 Å². The Bertz CT molecular complexity index is 288. The Morgan fingerprint density at radius 1 is 1.50 bits per heavy atom. The molecule has 0 aromatic carbocycles. The SMILES string of the molecule is CCCNC1COCC1C(=O)N1CCSCC1C. The van der Waals surface area contributed by atoms with Crippen molar-refractivity contribution in [1.29, 1.82) is 0 Å². The number of hydrogen-bond donors (Lipinski definition) is 1. The van der Waals surface area contributed by atoms with Gasteiger partial charge in [0.25, 0.3) is 0 Å². The van der Waals surface area contributed by atoms with Gasteiger partial charge in [0, 0.05) is 30.1 Å². The van der Waals surface area contributed by atoms with Crippen molar-refractivity contribution in [3.05, 3.63) is 0 Å². The maximum absolute atomic E-state index is 12.6. The molecule has 2 saturated heterocycles. The highest BCUT2D eigenvalue weighted by Gasteiger charge is 2.38. The van der Waals surface area contributed by atoms with Crippen molar-refractivity contribution in [2.75, 3.05) is 37.8 Å². The summed E-state index contributed by atoms with van der Waals surface area (Å²) in [5, 5.41) is 3.44. The zero-order chi connectivity index (χ0) is 13.0. The number of nitrogens with zero attached hydrogens (tertiary/aromatic N) is 1. The topological polar surface area (TPSA) is 41.6 Å². The molecule has 18 heavy (non-hydrogen) atoms. The van der Waals surface area contributed by atoms with E-state index in [1.165, 1.54) is 0 Å². The van der Waals surface area contributed by atoms with Crippen molar-refractivity contribution in [2.45, 2.75) is 32.4 Å². The van der Waals surface area contributed by atoms with Crippen molar-refractivity contribution in [3.8, 4) is 0 Å². The quantitative estimate of drug-likeness (QED) is 0.828. The Hall–Kier alpha value is -0.260. The maximum atomic E-state index is 12.6. The van der Waals surface area contributed by atoms with E-state index in [-0.39, 0.29) is 17.9 Å². The molecule has 2 aliphatic rings. The molecule has 0 aromatic heterocycles. The maximum Gasteiger partial charge on any atom is 0.229 e. The average Bonchev–Trinajstić information content (AvgIpc) is 2.84. The lowest BCUT2D eigenvalue weighted by atomic mass is 10.0. The fourth-order valence-electron chi connectivity index (χ4n) is 2.60. The molecule has 1 N–H and O–H groups in total. The summed E-state index contributed by atoms with van der Waals surface area (Å²) < 4.78 is 5.50. The lowest BCUT2D eigenvalue weighted by molar-refractivity contribution is -0.137. The van der Waals surface area contributed by atoms with Gasteiger partial charge in [0.05, 0.1) is 19.1 Å². The number of ether oxygens (including phenoxy) is 1. The molecule has 0 spiro atoms. The molecule has 1 amide bonds. The van der Waals surface area contributed by atoms with Crippen molar-refractivity contribution in [2.24, 2.45) is 5.92 Å². The predicted molar refractivity (Wildman–Crippen MR) is 74.9 cm³/mol. The van der Waals surface area contributed by atoms with Crippen LogP contribution >= 0.6 is 11.8 Å². The number of hydrogen-bond acceptors (Lipinski definition) is 4. The molecule has 4 nitrogen and oxygen atoms in total. The molecule has 2 fully saturated rings. The van der Waals surface area contributed by atoms with Gasteiger partial charge in [-0.1, -0.05) is 6.92 Å². The first-order valence-electron chi connectivity index (χ1n) is 6.93. The van der Waals surface area contributed by atoms with Crippen LogP contribution in [0.25, 0.3) is 0 Å². The molecule has 5 heteroatoms. The second-order valence-electron chi connectivity index (χ2n) is 5.16. The molecule has 0 saturated carbocycles. The fraction of sp³-hybridized carbons (Fsp3) is 0.923. The number of nitrogens with one attached hydrogen (secondary N) is 1. The summed E-state index contributed by atoms with van der Waals surface area (Å²) in [5.74, 6) is 2.43. The van der Waals surface area contributed by atoms with E-state index in [2.05, 4.69) is 24.1 Å². The lowest BCUT2D eigenvalue weighted by Gasteiger charge is -2.35. The molecule has 0 aromatic rings. The minimum atomic E-state index is 0.0158. The van der Waals surface area contributed by atoms with Gasteiger partial charge in [0.1, 0.15) is 0 Å². The van der Waals surface area contributed by atoms with Crippen LogP contribution in [0, 0.1) is 5.92 Å². The average molecular weight is 272 g/mol. The largest absolute Gasteiger partial charge is 0.379 e. The third-order valence-corrected chi connectivity index (χ3v) is 4.89. The molecule has 3 atom stereocenters. The Balaban J connectivity index is 1.94. The smallest absolute Gasteiger partial charge is 0.229 e. The van der Waals surface area contributed by atoms with E-state index in [1.54, 1.807) is 0 Å². The minimum absolute atomic E-state index is 0.0158. The van der Waals surface area contributed by atoms with E-state index in [1.807, 2.05) is 11.8 Å². The normalized spacial score (nSPS) is 32.8. The first-order valence-corrected chi connectivity index (χ1v) is 8.08. The van der Waals surface area contributed by atoms with E-state index in [0.717, 1.165) is 31.0 Å². The Kier molecular flexibility index (Phi) is 5.33. The highest BCUT2D eigenvalue weighted by Crippen LogP contribution is 2.22. The number of amides is 1. The highest BCUT2D eigenvalue weighted by molar-refractivity contribution is 7.99. The molecular weight excluding hydrogens is 248 g/mol. The number of carbonyl (C=O) groups excluding carboxylic acids is 1. The molecule has 0 radical (unpaired) electrons. The number of rotatable bonds is 4. The van der Waals surface area contributed by atoms with Crippen LogP contribution in [-0.4, -0.2) is 60.7 Å². The van der Waals surface area contributed by atoms with Crippen molar-refractivity contribution in [1.82, 2.24) is 10.2 Å². The van der Waals surface area contributed by atoms with E-state index in [9.17, 15) is 4.79 Å². The minimum Gasteiger partial charge on any atom is -0.379 e. The second kappa shape index (κ2) is 6.78. The van der Waals surface area contributed by atoms with Gasteiger partial charge in [-0.2, -0.15) is 11.8 Å². The molecule has 104 valence electrons. The molecular formula is C13H24N2O2S. The lowest BCUT2D eigenvalue weighted by Crippen LogP contribution is -2.51. The molecule has 2 aliphatic heterocycles. The first-order chi connectivity index (χ1) is 8.74. The number of carbonyl (C=O) groups is 1. The molecule has 2 rings (SSSR count). The Morgan fingerprint density at radius 3 is 3.06 bits per heavy atom. The molecule has 2 heterocycles. The van der Waals surface area contributed by atoms with Crippen LogP contribution in [0.4, 0.5) is 0 Å². The van der Waals surface area contributed by atoms with Gasteiger partial charge >= 0.3 is 0 Å². The fourth-order valence-corrected chi connectivity index (χ4v) is 3.61. The highest BCUT2D eigenvalue weighted by atomic mass is 32.2. The molecule has 3 unspecified atom stereocenters. The van der Waals surface area contributed by atoms with E-state index >= 15 is 0 Å². The van der Waals surface area contributed by atoms with Crippen LogP contribution in [0.5, 0.6) is 0 Å². The van der Waals surface area contributed by atoms with Gasteiger partial charge in [-0.15, -0.1) is 0 Å². The second-order valence-corrected chi connectivity index (χ2v) is 6.31. The number of thioether (sulfide) groups is 1. The van der Waals surface area contributed by atoms with Crippen LogP contribution < -0.4 is 5.32 Å². The third kappa shape index (κ3) is 3.19. The van der Waals surface area contributed by atoms with Gasteiger partial charge in [-0.05, 0) is 19.9 Å². The summed E-state index contributed by atoms with van der Waals surface area (Å²) >= 11 is 1.94. The zero-order valence-corrected chi connectivity index (χ0v) is 12.2. The van der Waals surface area contributed by atoms with Crippen molar-refractivity contribution < 1.29 is 9.53 Å². The van der Waals surface area contributed by atoms with Crippen molar-refractivity contribution >= 4 is 17.7 Å². The summed E-state index contributed by atoms with van der Waals surface area (Å²) in [6.07, 6.45) is 1.09. The van der Waals surface area contributed by atoms with Crippen LogP contribution in [0.1, 0.15) is 20.3 Å². The summed E-state index contributed by atoms with van der Waals surface area (Å²) in [6.45, 7) is 7.40. The molecule has 0 aliphatic carbocycles. The van der Waals surface area contributed by atoms with Gasteiger partial charge in [-0.25, -0.2) is 0 Å². The predicted octanol–water partition coefficient (Wildman–Crippen LogP) is 0.965. The van der Waals surface area contributed by atoms with Crippen LogP contribution in [-0.2, 0) is 9.53 Å². The molecule has 0 bridgehead atoms. The van der Waals surface area contributed by atoms with Crippen LogP contribution in [0.2, 0.25) is 0 Å². The van der Waals surface area contributed by atoms with Gasteiger partial charge in [0.15, 0.2) is 0 Å². The Morgan fingerprint density at radius 2 is 2.33 bits per heavy atom. The van der Waals surface area contributed by atoms with E-state index in [0.29, 0.717) is 19.3 Å². The van der Waals surface area contributed by atoms with Crippen molar-refractivity contribution in [3.63, 3.8) is 0 Å². The monoisotopic (exact) mass is 272 g/mol. The summed E-state index contributed by atoms with van der Waals surface area (Å²) in [7, 11) is 0. The summed E-state index contributed by atoms with van der Waals surface area (Å²) in [6, 6.07) is 0.572. The van der Waals surface area contributed by atoms with E-state index in [4.69, 9.17) is 4.74 Å². The van der Waals surface area contributed by atoms with Gasteiger partial charge < -0.3 is 15.0 Å². The van der Waals surface area contributed by atoms with Gasteiger partial charge in [-0.3, -0.25) is 4.79 Å². The summed E-state index contributed by atoms with van der Waals surface area (Å²) in [4.78, 5) is 14.6. The standard InChI is InChI=1S/C13H24N2O2S/c1-3-4-14-12-8-17-7-11(12)13(16)15-5-6-18-9-10(15)2/h10-12,14H,3-9H2,1-2H3.